The van der Waals surface area contributed by atoms with Crippen molar-refractivity contribution >= 4 is 5.91 Å². The van der Waals surface area contributed by atoms with Gasteiger partial charge in [0.1, 0.15) is 5.76 Å². The Morgan fingerprint density at radius 1 is 1.85 bits per heavy atom. The Balaban J connectivity index is 2.22. The summed E-state index contributed by atoms with van der Waals surface area (Å²) in [5.41, 5.74) is 5.03. The highest BCUT2D eigenvalue weighted by atomic mass is 16.3. The lowest BCUT2D eigenvalue weighted by molar-refractivity contribution is -0.118. The van der Waals surface area contributed by atoms with Gasteiger partial charge in [-0.3, -0.25) is 4.79 Å². The van der Waals surface area contributed by atoms with Gasteiger partial charge in [-0.2, -0.15) is 0 Å². The number of oxazole rings is 1. The zero-order chi connectivity index (χ0) is 9.68. The number of hydrogen-bond donors (Lipinski definition) is 2. The van der Waals surface area contributed by atoms with E-state index in [4.69, 9.17) is 10.2 Å². The summed E-state index contributed by atoms with van der Waals surface area (Å²) < 4.78 is 5.00. The fraction of sp³-hybridized carbons (Fsp3) is 0.500. The molecule has 0 saturated heterocycles. The molecule has 0 fully saturated rings. The number of amides is 1. The molecule has 0 aliphatic rings. The quantitative estimate of drug-likeness (QED) is 0.674. The molecule has 72 valence electrons. The number of aromatic nitrogens is 1. The average molecular weight is 183 g/mol. The highest BCUT2D eigenvalue weighted by Crippen LogP contribution is 1.97. The van der Waals surface area contributed by atoms with Crippen molar-refractivity contribution in [1.29, 1.82) is 0 Å². The van der Waals surface area contributed by atoms with Crippen molar-refractivity contribution in [3.05, 3.63) is 18.4 Å². The topological polar surface area (TPSA) is 81.2 Å². The number of nitrogens with zero attached hydrogens (tertiary/aromatic N) is 1. The molecule has 0 radical (unpaired) electrons. The summed E-state index contributed by atoms with van der Waals surface area (Å²) in [5.74, 6) is 0.439. The summed E-state index contributed by atoms with van der Waals surface area (Å²) in [4.78, 5) is 14.3. The van der Waals surface area contributed by atoms with Gasteiger partial charge in [-0.1, -0.05) is 0 Å². The Bertz CT molecular complexity index is 258. The highest BCUT2D eigenvalue weighted by molar-refractivity contribution is 5.74. The monoisotopic (exact) mass is 183 g/mol. The molecule has 5 heteroatoms. The molecule has 0 bridgehead atoms. The second-order valence-electron chi connectivity index (χ2n) is 2.92. The van der Waals surface area contributed by atoms with E-state index >= 15 is 0 Å². The van der Waals surface area contributed by atoms with Gasteiger partial charge in [0.2, 0.25) is 5.91 Å². The van der Waals surface area contributed by atoms with Crippen molar-refractivity contribution < 1.29 is 9.21 Å². The van der Waals surface area contributed by atoms with Gasteiger partial charge in [0.05, 0.1) is 12.7 Å². The highest BCUT2D eigenvalue weighted by Gasteiger charge is 2.05. The van der Waals surface area contributed by atoms with E-state index in [1.807, 2.05) is 6.92 Å². The molecular formula is C8H13N3O2. The number of nitrogens with two attached hydrogens (primary N) is 1. The predicted octanol–water partition coefficient (Wildman–Crippen LogP) is 0.0281. The molecule has 5 nitrogen and oxygen atoms in total. The lowest BCUT2D eigenvalue weighted by Crippen LogP contribution is -2.30. The van der Waals surface area contributed by atoms with Crippen molar-refractivity contribution in [3.8, 4) is 0 Å². The van der Waals surface area contributed by atoms with Crippen LogP contribution in [0.4, 0.5) is 0 Å². The van der Waals surface area contributed by atoms with Crippen LogP contribution in [0.25, 0.3) is 0 Å². The molecule has 3 N–H and O–H groups in total. The molecule has 1 aromatic heterocycles. The van der Waals surface area contributed by atoms with E-state index in [0.717, 1.165) is 5.76 Å². The second-order valence-corrected chi connectivity index (χ2v) is 2.92. The standard InChI is InChI=1S/C8H13N3O2/c1-6(2-8(9)12)11-4-7-3-10-5-13-7/h3,5-6,11H,2,4H2,1H3,(H2,9,12). The third-order valence-electron chi connectivity index (χ3n) is 1.62. The van der Waals surface area contributed by atoms with Crippen LogP contribution in [0.15, 0.2) is 17.0 Å². The van der Waals surface area contributed by atoms with E-state index in [-0.39, 0.29) is 11.9 Å². The Morgan fingerprint density at radius 3 is 3.15 bits per heavy atom. The fourth-order valence-electron chi connectivity index (χ4n) is 0.978. The van der Waals surface area contributed by atoms with E-state index in [1.165, 1.54) is 6.39 Å². The summed E-state index contributed by atoms with van der Waals surface area (Å²) in [5, 5.41) is 3.08. The number of carbonyl (C=O) groups is 1. The minimum absolute atomic E-state index is 0.0580. The van der Waals surface area contributed by atoms with Gasteiger partial charge < -0.3 is 15.5 Å². The number of hydrogen-bond acceptors (Lipinski definition) is 4. The van der Waals surface area contributed by atoms with Crippen molar-refractivity contribution in [2.75, 3.05) is 0 Å². The van der Waals surface area contributed by atoms with Gasteiger partial charge in [-0.05, 0) is 6.92 Å². The van der Waals surface area contributed by atoms with Crippen LogP contribution >= 0.6 is 0 Å². The SMILES string of the molecule is CC(CC(N)=O)NCc1cnco1. The molecule has 0 aliphatic carbocycles. The first-order chi connectivity index (χ1) is 6.18. The van der Waals surface area contributed by atoms with Crippen LogP contribution in [0.3, 0.4) is 0 Å². The van der Waals surface area contributed by atoms with E-state index in [0.29, 0.717) is 13.0 Å². The van der Waals surface area contributed by atoms with E-state index < -0.39 is 0 Å². The van der Waals surface area contributed by atoms with E-state index in [2.05, 4.69) is 10.3 Å². The summed E-state index contributed by atoms with van der Waals surface area (Å²) >= 11 is 0. The molecule has 0 spiro atoms. The van der Waals surface area contributed by atoms with Crippen molar-refractivity contribution in [2.24, 2.45) is 5.73 Å². The van der Waals surface area contributed by atoms with Gasteiger partial charge in [0, 0.05) is 12.5 Å². The summed E-state index contributed by atoms with van der Waals surface area (Å²) in [6, 6.07) is 0.0580. The van der Waals surface area contributed by atoms with Crippen LogP contribution in [0.5, 0.6) is 0 Å². The molecule has 1 rings (SSSR count). The minimum atomic E-state index is -0.308. The lowest BCUT2D eigenvalue weighted by atomic mass is 10.2. The van der Waals surface area contributed by atoms with Gasteiger partial charge >= 0.3 is 0 Å². The average Bonchev–Trinajstić information content (AvgIpc) is 2.51. The maximum atomic E-state index is 10.5. The first-order valence-corrected chi connectivity index (χ1v) is 4.07. The lowest BCUT2D eigenvalue weighted by Gasteiger charge is -2.09. The predicted molar refractivity (Wildman–Crippen MR) is 46.6 cm³/mol. The van der Waals surface area contributed by atoms with E-state index in [1.54, 1.807) is 6.20 Å². The fourth-order valence-corrected chi connectivity index (χ4v) is 0.978. The van der Waals surface area contributed by atoms with Gasteiger partial charge in [-0.25, -0.2) is 4.98 Å². The molecule has 1 aromatic rings. The first-order valence-electron chi connectivity index (χ1n) is 4.07. The Labute approximate surface area is 76.3 Å². The maximum absolute atomic E-state index is 10.5. The molecule has 13 heavy (non-hydrogen) atoms. The summed E-state index contributed by atoms with van der Waals surface area (Å²) in [6.07, 6.45) is 3.33. The number of primary amides is 1. The van der Waals surface area contributed by atoms with Crippen LogP contribution in [0.2, 0.25) is 0 Å². The number of carbonyl (C=O) groups excluding carboxylic acids is 1. The van der Waals surface area contributed by atoms with Gasteiger partial charge in [0.25, 0.3) is 0 Å². The zero-order valence-corrected chi connectivity index (χ0v) is 7.49. The molecular weight excluding hydrogens is 170 g/mol. The molecule has 0 aromatic carbocycles. The minimum Gasteiger partial charge on any atom is -0.447 e. The first kappa shape index (κ1) is 9.73. The molecule has 1 atom stereocenters. The summed E-state index contributed by atoms with van der Waals surface area (Å²) in [7, 11) is 0. The molecule has 0 saturated carbocycles. The normalized spacial score (nSPS) is 12.7. The second kappa shape index (κ2) is 4.61. The number of nitrogens with one attached hydrogen (secondary N) is 1. The van der Waals surface area contributed by atoms with Gasteiger partial charge in [0.15, 0.2) is 6.39 Å². The Kier molecular flexibility index (Phi) is 3.45. The van der Waals surface area contributed by atoms with Gasteiger partial charge in [-0.15, -0.1) is 0 Å². The van der Waals surface area contributed by atoms with Crippen LogP contribution in [-0.2, 0) is 11.3 Å². The third-order valence-corrected chi connectivity index (χ3v) is 1.62. The van der Waals surface area contributed by atoms with Crippen molar-refractivity contribution in [3.63, 3.8) is 0 Å². The van der Waals surface area contributed by atoms with Crippen LogP contribution in [0, 0.1) is 0 Å². The smallest absolute Gasteiger partial charge is 0.218 e. The third kappa shape index (κ3) is 3.71. The number of rotatable bonds is 5. The van der Waals surface area contributed by atoms with E-state index in [9.17, 15) is 4.79 Å². The van der Waals surface area contributed by atoms with Crippen molar-refractivity contribution in [2.45, 2.75) is 25.9 Å². The Hall–Kier alpha value is -1.36. The molecule has 1 heterocycles. The largest absolute Gasteiger partial charge is 0.447 e. The van der Waals surface area contributed by atoms with Crippen molar-refractivity contribution in [1.82, 2.24) is 10.3 Å². The molecule has 0 aliphatic heterocycles. The molecule has 1 unspecified atom stereocenters. The van der Waals surface area contributed by atoms with Crippen LogP contribution in [-0.4, -0.2) is 16.9 Å². The van der Waals surface area contributed by atoms with Crippen LogP contribution in [0.1, 0.15) is 19.1 Å². The zero-order valence-electron chi connectivity index (χ0n) is 7.49. The summed E-state index contributed by atoms with van der Waals surface area (Å²) in [6.45, 7) is 2.45. The maximum Gasteiger partial charge on any atom is 0.218 e. The Morgan fingerprint density at radius 2 is 2.62 bits per heavy atom. The van der Waals surface area contributed by atoms with Crippen LogP contribution < -0.4 is 11.1 Å². The molecule has 1 amide bonds.